The van der Waals surface area contributed by atoms with Crippen LogP contribution in [0.5, 0.6) is 11.5 Å². The molecule has 4 nitrogen and oxygen atoms in total. The Morgan fingerprint density at radius 2 is 0.574 bits per heavy atom. The lowest BCUT2D eigenvalue weighted by atomic mass is 9.74. The number of ether oxygens (including phenoxy) is 2. The van der Waals surface area contributed by atoms with Crippen LogP contribution in [0.1, 0.15) is 186 Å². The average Bonchev–Trinajstić information content (AvgIpc) is 0.697. The van der Waals surface area contributed by atoms with Gasteiger partial charge in [-0.2, -0.15) is 0 Å². The van der Waals surface area contributed by atoms with E-state index in [4.69, 9.17) is 9.47 Å². The second-order valence-corrected chi connectivity index (χ2v) is 29.1. The largest absolute Gasteiger partial charge is 0.487 e. The highest BCUT2D eigenvalue weighted by atomic mass is 16.5. The zero-order valence-corrected chi connectivity index (χ0v) is 56.2. The van der Waals surface area contributed by atoms with Gasteiger partial charge < -0.3 is 19.3 Å². The lowest BCUT2D eigenvalue weighted by Crippen LogP contribution is -2.40. The minimum atomic E-state index is -0.230. The average molecular weight is 1240 g/mol. The third kappa shape index (κ3) is 12.9. The lowest BCUT2D eigenvalue weighted by molar-refractivity contribution is 0.00321. The zero-order valence-electron chi connectivity index (χ0n) is 56.2. The van der Waals surface area contributed by atoms with Gasteiger partial charge in [0.2, 0.25) is 0 Å². The van der Waals surface area contributed by atoms with Crippen LogP contribution in [0.4, 0.5) is 34.1 Å². The number of anilines is 6. The molecule has 15 rings (SSSR count). The minimum Gasteiger partial charge on any atom is -0.487 e. The molecule has 4 saturated carbocycles. The standard InChI is InChI=1S/C90H94N2O2/c1-63-21-29-67(30-22-63)33-35-69-37-45-75(46-38-69)91(73-41-25-65(3)26-42-73)81-53-49-79-85-77(81)51-55-83(93-89(57-13-7-14-58-89)61-71-17-9-5-10-18-71)87(85)80-50-54-82(78-52-56-84(88(79)86(78)80)94-90(59-15-8-16-60-90)62-72-19-11-6-12-20-72)92(74-43-27-66(4)28-44-74)76-47-39-70(40-48-76)36-34-68-31-23-64(2)24-32-68/h21-56,71-72H,5-20,57-62H2,1-4H3/b35-33+,36-34+. The maximum atomic E-state index is 8.14. The van der Waals surface area contributed by atoms with Gasteiger partial charge in [-0.05, 0) is 222 Å². The molecule has 11 aromatic rings. The van der Waals surface area contributed by atoms with E-state index in [1.165, 1.54) is 179 Å². The van der Waals surface area contributed by atoms with E-state index in [1.54, 1.807) is 0 Å². The Bertz CT molecular complexity index is 4170. The molecule has 4 aliphatic carbocycles. The van der Waals surface area contributed by atoms with Gasteiger partial charge in [0.15, 0.2) is 0 Å². The van der Waals surface area contributed by atoms with Crippen LogP contribution in [0.2, 0.25) is 0 Å². The number of nitrogens with zero attached hydrogens (tertiary/aromatic N) is 2. The van der Waals surface area contributed by atoms with Crippen LogP contribution in [0.25, 0.3) is 67.4 Å². The maximum Gasteiger partial charge on any atom is 0.128 e. The molecule has 4 fully saturated rings. The first-order chi connectivity index (χ1) is 46.1. The predicted octanol–water partition coefficient (Wildman–Crippen LogP) is 26.4. The highest BCUT2D eigenvalue weighted by Crippen LogP contribution is 2.56. The molecule has 94 heavy (non-hydrogen) atoms. The molecule has 0 aromatic heterocycles. The molecule has 0 amide bonds. The van der Waals surface area contributed by atoms with Crippen LogP contribution in [0, 0.1) is 39.5 Å². The summed E-state index contributed by atoms with van der Waals surface area (Å²) >= 11 is 0. The van der Waals surface area contributed by atoms with Crippen molar-refractivity contribution < 1.29 is 9.47 Å². The molecule has 11 aromatic carbocycles. The Labute approximate surface area is 559 Å². The highest BCUT2D eigenvalue weighted by Gasteiger charge is 2.40. The summed E-state index contributed by atoms with van der Waals surface area (Å²) in [5, 5.41) is 9.80. The SMILES string of the molecule is Cc1ccc(/C=C/c2ccc(N(c3ccc(C)cc3)c3ccc4c5c(OC6(CC7CCCCC7)CCCCC6)ccc6c(N(c7ccc(C)cc7)c7ccc(/C=C/c8ccc(C)cc8)cc7)ccc(c7c(OC8(CC9CCCCC9)CCCCC8)ccc3c47)c65)cc2)cc1. The van der Waals surface area contributed by atoms with Crippen LogP contribution >= 0.6 is 0 Å². The Balaban J connectivity index is 0.975. The summed E-state index contributed by atoms with van der Waals surface area (Å²) in [4.78, 5) is 5.01. The molecule has 4 heteroatoms. The number of aryl methyl sites for hydroxylation is 4. The topological polar surface area (TPSA) is 24.9 Å². The van der Waals surface area contributed by atoms with Gasteiger partial charge in [0.05, 0.1) is 11.4 Å². The second kappa shape index (κ2) is 27.0. The molecule has 0 heterocycles. The van der Waals surface area contributed by atoms with Crippen molar-refractivity contribution in [1.29, 1.82) is 0 Å². The molecule has 0 atom stereocenters. The van der Waals surface area contributed by atoms with Crippen molar-refractivity contribution in [2.24, 2.45) is 11.8 Å². The fraction of sp³-hybridized carbons (Fsp3) is 0.333. The summed E-state index contributed by atoms with van der Waals surface area (Å²) < 4.78 is 16.3. The molecule has 0 saturated heterocycles. The van der Waals surface area contributed by atoms with Crippen molar-refractivity contribution in [3.63, 3.8) is 0 Å². The normalized spacial score (nSPS) is 17.2. The van der Waals surface area contributed by atoms with Gasteiger partial charge in [0.25, 0.3) is 0 Å². The first-order valence-corrected chi connectivity index (χ1v) is 36.1. The molecule has 0 unspecified atom stereocenters. The zero-order chi connectivity index (χ0) is 63.6. The van der Waals surface area contributed by atoms with Crippen molar-refractivity contribution in [3.05, 3.63) is 239 Å². The molecular weight excluding hydrogens is 1140 g/mol. The Hall–Kier alpha value is -8.60. The van der Waals surface area contributed by atoms with Gasteiger partial charge in [0, 0.05) is 55.1 Å². The lowest BCUT2D eigenvalue weighted by Gasteiger charge is -2.42. The van der Waals surface area contributed by atoms with E-state index < -0.39 is 0 Å². The fourth-order valence-corrected chi connectivity index (χ4v) is 17.2. The number of fused-ring (bicyclic) bond motifs is 2. The van der Waals surface area contributed by atoms with E-state index in [0.29, 0.717) is 11.8 Å². The van der Waals surface area contributed by atoms with Crippen molar-refractivity contribution in [2.75, 3.05) is 9.80 Å². The van der Waals surface area contributed by atoms with Crippen molar-refractivity contribution >= 4 is 102 Å². The van der Waals surface area contributed by atoms with Gasteiger partial charge >= 0.3 is 0 Å². The third-order valence-electron chi connectivity index (χ3n) is 22.2. The quantitative estimate of drug-likeness (QED) is 0.0486. The first kappa shape index (κ1) is 61.6. The van der Waals surface area contributed by atoms with Crippen molar-refractivity contribution in [2.45, 2.75) is 180 Å². The number of hydrogen-bond donors (Lipinski definition) is 0. The van der Waals surface area contributed by atoms with Gasteiger partial charge in [-0.1, -0.05) is 233 Å². The highest BCUT2D eigenvalue weighted by molar-refractivity contribution is 6.37. The molecule has 0 radical (unpaired) electrons. The van der Waals surface area contributed by atoms with Gasteiger partial charge in [-0.3, -0.25) is 0 Å². The van der Waals surface area contributed by atoms with E-state index >= 15 is 0 Å². The molecule has 0 aliphatic heterocycles. The molecule has 4 aliphatic rings. The second-order valence-electron chi connectivity index (χ2n) is 29.1. The molecule has 0 N–H and O–H groups in total. The van der Waals surface area contributed by atoms with E-state index in [2.05, 4.69) is 256 Å². The smallest absolute Gasteiger partial charge is 0.128 e. The Morgan fingerprint density at radius 1 is 0.298 bits per heavy atom. The van der Waals surface area contributed by atoms with Crippen LogP contribution in [0.3, 0.4) is 0 Å². The van der Waals surface area contributed by atoms with E-state index in [9.17, 15) is 0 Å². The van der Waals surface area contributed by atoms with E-state index in [0.717, 1.165) is 95.3 Å². The summed E-state index contributed by atoms with van der Waals surface area (Å²) in [6, 6.07) is 73.7. The number of hydrogen-bond acceptors (Lipinski definition) is 4. The van der Waals surface area contributed by atoms with Crippen LogP contribution in [-0.2, 0) is 0 Å². The van der Waals surface area contributed by atoms with Crippen molar-refractivity contribution in [1.82, 2.24) is 0 Å². The Kier molecular flexibility index (Phi) is 17.7. The maximum absolute atomic E-state index is 8.14. The monoisotopic (exact) mass is 1230 g/mol. The van der Waals surface area contributed by atoms with E-state index in [-0.39, 0.29) is 11.2 Å². The molecular formula is C90H94N2O2. The predicted molar refractivity (Wildman–Crippen MR) is 402 cm³/mol. The molecule has 0 spiro atoms. The first-order valence-electron chi connectivity index (χ1n) is 36.1. The fourth-order valence-electron chi connectivity index (χ4n) is 17.2. The van der Waals surface area contributed by atoms with Crippen LogP contribution in [-0.4, -0.2) is 11.2 Å². The van der Waals surface area contributed by atoms with Crippen LogP contribution < -0.4 is 19.3 Å². The van der Waals surface area contributed by atoms with E-state index in [1.807, 2.05) is 0 Å². The van der Waals surface area contributed by atoms with Gasteiger partial charge in [0.1, 0.15) is 22.7 Å². The third-order valence-corrected chi connectivity index (χ3v) is 22.2. The van der Waals surface area contributed by atoms with Crippen molar-refractivity contribution in [3.8, 4) is 11.5 Å². The number of rotatable bonds is 18. The summed E-state index contributed by atoms with van der Waals surface area (Å²) in [5.74, 6) is 3.42. The summed E-state index contributed by atoms with van der Waals surface area (Å²) in [7, 11) is 0. The van der Waals surface area contributed by atoms with Gasteiger partial charge in [-0.25, -0.2) is 0 Å². The molecule has 0 bridgehead atoms. The number of benzene rings is 11. The van der Waals surface area contributed by atoms with Gasteiger partial charge in [-0.15, -0.1) is 0 Å². The summed E-state index contributed by atoms with van der Waals surface area (Å²) in [6.45, 7) is 8.68. The Morgan fingerprint density at radius 3 is 0.904 bits per heavy atom. The molecule has 476 valence electrons. The summed E-state index contributed by atoms with van der Waals surface area (Å²) in [5.41, 5.74) is 16.0. The summed E-state index contributed by atoms with van der Waals surface area (Å²) in [6.07, 6.45) is 36.3. The van der Waals surface area contributed by atoms with Crippen LogP contribution in [0.15, 0.2) is 194 Å². The minimum absolute atomic E-state index is 0.230.